The van der Waals surface area contributed by atoms with E-state index in [1.54, 1.807) is 7.05 Å². The molecule has 0 aliphatic carbocycles. The van der Waals surface area contributed by atoms with Crippen LogP contribution in [0, 0.1) is 0 Å². The number of unbranched alkanes of at least 4 members (excludes halogenated alkanes) is 6. The summed E-state index contributed by atoms with van der Waals surface area (Å²) < 4.78 is 2.07. The van der Waals surface area contributed by atoms with Crippen molar-refractivity contribution in [1.82, 2.24) is 15.1 Å². The minimum atomic E-state index is 0.162. The summed E-state index contributed by atoms with van der Waals surface area (Å²) in [6.07, 6.45) is 13.3. The molecule has 0 atom stereocenters. The number of aromatic nitrogens is 2. The number of carbonyl (C=O) groups is 1. The molecule has 1 aromatic heterocycles. The maximum atomic E-state index is 11.0. The van der Waals surface area contributed by atoms with Gasteiger partial charge in [0.25, 0.3) is 0 Å². The molecule has 0 bridgehead atoms. The predicted molar refractivity (Wildman–Crippen MR) is 98.7 cm³/mol. The van der Waals surface area contributed by atoms with Gasteiger partial charge in [0.15, 0.2) is 0 Å². The zero-order chi connectivity index (χ0) is 17.5. The predicted octanol–water partition coefficient (Wildman–Crippen LogP) is 4.90. The Balaban J connectivity index is 0.00000232. The first-order valence-electron chi connectivity index (χ1n) is 9.36. The molecule has 1 N–H and O–H groups in total. The average molecular weight is 324 g/mol. The first-order chi connectivity index (χ1) is 11.1. The van der Waals surface area contributed by atoms with E-state index in [2.05, 4.69) is 35.1 Å². The number of nitrogens with one attached hydrogen (secondary N) is 1. The molecular weight excluding hydrogens is 286 g/mol. The van der Waals surface area contributed by atoms with Gasteiger partial charge in [-0.05, 0) is 24.3 Å². The van der Waals surface area contributed by atoms with E-state index in [4.69, 9.17) is 0 Å². The van der Waals surface area contributed by atoms with E-state index in [-0.39, 0.29) is 5.91 Å². The summed E-state index contributed by atoms with van der Waals surface area (Å²) in [6, 6.07) is 0. The van der Waals surface area contributed by atoms with E-state index in [9.17, 15) is 4.79 Å². The minimum absolute atomic E-state index is 0.162. The van der Waals surface area contributed by atoms with Crippen LogP contribution in [0.25, 0.3) is 0 Å². The zero-order valence-electron chi connectivity index (χ0n) is 15.9. The van der Waals surface area contributed by atoms with Gasteiger partial charge in [-0.2, -0.15) is 5.10 Å². The molecule has 0 aliphatic rings. The third-order valence-electron chi connectivity index (χ3n) is 3.89. The summed E-state index contributed by atoms with van der Waals surface area (Å²) in [5.41, 5.74) is 1.33. The highest BCUT2D eigenvalue weighted by Crippen LogP contribution is 2.13. The second-order valence-corrected chi connectivity index (χ2v) is 6.09. The highest BCUT2D eigenvalue weighted by atomic mass is 16.1. The maximum absolute atomic E-state index is 11.0. The Morgan fingerprint density at radius 1 is 1.09 bits per heavy atom. The molecule has 0 fully saturated rings. The fraction of sp³-hybridized carbons (Fsp3) is 0.789. The van der Waals surface area contributed by atoms with Crippen molar-refractivity contribution in [2.45, 2.75) is 91.5 Å². The molecule has 0 aliphatic heterocycles. The number of amides is 1. The summed E-state index contributed by atoms with van der Waals surface area (Å²) in [4.78, 5) is 11.0. The smallest absolute Gasteiger partial charge is 0.219 e. The molecule has 4 heteroatoms. The summed E-state index contributed by atoms with van der Waals surface area (Å²) in [7, 11) is 1.70. The van der Waals surface area contributed by atoms with Gasteiger partial charge in [0.1, 0.15) is 0 Å². The van der Waals surface area contributed by atoms with Crippen LogP contribution in [0.1, 0.15) is 90.5 Å². The summed E-state index contributed by atoms with van der Waals surface area (Å²) in [5.74, 6) is 0.725. The van der Waals surface area contributed by atoms with Crippen LogP contribution in [0.5, 0.6) is 0 Å². The Morgan fingerprint density at radius 3 is 2.17 bits per heavy atom. The summed E-state index contributed by atoms with van der Waals surface area (Å²) in [6.45, 7) is 9.43. The molecule has 0 radical (unpaired) electrons. The molecular formula is C19H37N3O. The van der Waals surface area contributed by atoms with Crippen LogP contribution in [0.15, 0.2) is 12.4 Å². The number of nitrogens with zero attached hydrogens (tertiary/aromatic N) is 2. The monoisotopic (exact) mass is 323 g/mol. The molecule has 4 nitrogen and oxygen atoms in total. The molecule has 0 aromatic carbocycles. The van der Waals surface area contributed by atoms with Gasteiger partial charge in [-0.1, -0.05) is 59.8 Å². The minimum Gasteiger partial charge on any atom is -0.359 e. The van der Waals surface area contributed by atoms with Crippen LogP contribution < -0.4 is 5.32 Å². The Labute approximate surface area is 143 Å². The van der Waals surface area contributed by atoms with Crippen molar-refractivity contribution >= 4 is 5.91 Å². The second kappa shape index (κ2) is 14.3. The van der Waals surface area contributed by atoms with E-state index in [0.29, 0.717) is 12.3 Å². The molecule has 1 rings (SSSR count). The normalized spacial score (nSPS) is 10.3. The van der Waals surface area contributed by atoms with E-state index >= 15 is 0 Å². The number of hydrogen-bond acceptors (Lipinski definition) is 2. The quantitative estimate of drug-likeness (QED) is 0.589. The summed E-state index contributed by atoms with van der Waals surface area (Å²) in [5, 5.41) is 7.06. The molecule has 1 aromatic rings. The highest BCUT2D eigenvalue weighted by molar-refractivity contribution is 5.75. The van der Waals surface area contributed by atoms with Gasteiger partial charge in [0.05, 0.1) is 6.20 Å². The van der Waals surface area contributed by atoms with Crippen molar-refractivity contribution in [3.63, 3.8) is 0 Å². The number of rotatable bonds is 11. The standard InChI is InChI=1S/C17H31N3O.C2H6/c1-15(2)16-13-19-20(14-16)12-10-8-6-4-5-7-9-11-17(21)18-3;1-2/h13-15H,4-12H2,1-3H3,(H,18,21);1-2H3. The van der Waals surface area contributed by atoms with Crippen LogP contribution >= 0.6 is 0 Å². The third kappa shape index (κ3) is 10.9. The SMILES string of the molecule is CC.CNC(=O)CCCCCCCCCn1cc(C(C)C)cn1. The molecule has 134 valence electrons. The number of carbonyl (C=O) groups excluding carboxylic acids is 1. The fourth-order valence-corrected chi connectivity index (χ4v) is 2.37. The topological polar surface area (TPSA) is 46.9 Å². The Hall–Kier alpha value is -1.32. The van der Waals surface area contributed by atoms with Crippen LogP contribution in [0.2, 0.25) is 0 Å². The molecule has 1 amide bonds. The van der Waals surface area contributed by atoms with Crippen LogP contribution in [-0.2, 0) is 11.3 Å². The molecule has 0 unspecified atom stereocenters. The van der Waals surface area contributed by atoms with E-state index in [1.165, 1.54) is 44.1 Å². The maximum Gasteiger partial charge on any atom is 0.219 e. The van der Waals surface area contributed by atoms with Gasteiger partial charge in [0, 0.05) is 26.2 Å². The number of aryl methyl sites for hydroxylation is 1. The first-order valence-corrected chi connectivity index (χ1v) is 9.36. The van der Waals surface area contributed by atoms with Crippen molar-refractivity contribution in [1.29, 1.82) is 0 Å². The van der Waals surface area contributed by atoms with Crippen molar-refractivity contribution in [2.24, 2.45) is 0 Å². The van der Waals surface area contributed by atoms with Gasteiger partial charge >= 0.3 is 0 Å². The van der Waals surface area contributed by atoms with E-state index in [0.717, 1.165) is 13.0 Å². The fourth-order valence-electron chi connectivity index (χ4n) is 2.37. The zero-order valence-corrected chi connectivity index (χ0v) is 15.9. The lowest BCUT2D eigenvalue weighted by Crippen LogP contribution is -2.16. The summed E-state index contributed by atoms with van der Waals surface area (Å²) >= 11 is 0. The van der Waals surface area contributed by atoms with Crippen molar-refractivity contribution in [2.75, 3.05) is 7.05 Å². The first kappa shape index (κ1) is 21.7. The highest BCUT2D eigenvalue weighted by Gasteiger charge is 2.02. The Morgan fingerprint density at radius 2 is 1.65 bits per heavy atom. The second-order valence-electron chi connectivity index (χ2n) is 6.09. The van der Waals surface area contributed by atoms with Gasteiger partial charge in [-0.3, -0.25) is 9.48 Å². The van der Waals surface area contributed by atoms with Gasteiger partial charge < -0.3 is 5.32 Å². The van der Waals surface area contributed by atoms with Crippen LogP contribution in [0.3, 0.4) is 0 Å². The molecule has 0 spiro atoms. The van der Waals surface area contributed by atoms with Crippen molar-refractivity contribution in [3.05, 3.63) is 18.0 Å². The molecule has 1 heterocycles. The van der Waals surface area contributed by atoms with Gasteiger partial charge in [-0.15, -0.1) is 0 Å². The van der Waals surface area contributed by atoms with Crippen molar-refractivity contribution in [3.8, 4) is 0 Å². The van der Waals surface area contributed by atoms with E-state index in [1.807, 2.05) is 20.0 Å². The molecule has 0 saturated carbocycles. The van der Waals surface area contributed by atoms with Crippen molar-refractivity contribution < 1.29 is 4.79 Å². The Bertz CT molecular complexity index is 399. The van der Waals surface area contributed by atoms with Gasteiger partial charge in [0.2, 0.25) is 5.91 Å². The lowest BCUT2D eigenvalue weighted by atomic mass is 10.1. The van der Waals surface area contributed by atoms with Gasteiger partial charge in [-0.25, -0.2) is 0 Å². The van der Waals surface area contributed by atoms with E-state index < -0.39 is 0 Å². The lowest BCUT2D eigenvalue weighted by Gasteiger charge is -2.03. The lowest BCUT2D eigenvalue weighted by molar-refractivity contribution is -0.120. The number of hydrogen-bond donors (Lipinski definition) is 1. The Kier molecular flexibility index (Phi) is 13.5. The average Bonchev–Trinajstić information content (AvgIpc) is 3.04. The molecule has 0 saturated heterocycles. The third-order valence-corrected chi connectivity index (χ3v) is 3.89. The largest absolute Gasteiger partial charge is 0.359 e. The van der Waals surface area contributed by atoms with Crippen LogP contribution in [-0.4, -0.2) is 22.7 Å². The molecule has 23 heavy (non-hydrogen) atoms. The van der Waals surface area contributed by atoms with Crippen LogP contribution in [0.4, 0.5) is 0 Å².